The molecule has 10 nitrogen and oxygen atoms in total. The molecule has 0 spiro atoms. The summed E-state index contributed by atoms with van der Waals surface area (Å²) < 4.78 is 21.0. The molecule has 10 atom stereocenters. The molecule has 2 fully saturated rings. The van der Waals surface area contributed by atoms with Gasteiger partial charge in [0, 0.05) is 73.9 Å². The Morgan fingerprint density at radius 1 is 1.04 bits per heavy atom. The quantitative estimate of drug-likeness (QED) is 0.330. The number of pyridine rings is 1. The van der Waals surface area contributed by atoms with Crippen LogP contribution < -0.4 is 0 Å². The van der Waals surface area contributed by atoms with Gasteiger partial charge >= 0.3 is 5.97 Å². The van der Waals surface area contributed by atoms with Gasteiger partial charge in [0.15, 0.2) is 0 Å². The summed E-state index contributed by atoms with van der Waals surface area (Å²) in [5.74, 6) is -4.11. The van der Waals surface area contributed by atoms with E-state index in [1.54, 1.807) is 20.2 Å². The number of hydrogen-bond donors (Lipinski definition) is 1. The lowest BCUT2D eigenvalue weighted by atomic mass is 9.65. The number of nitrogens with zero attached hydrogens (tertiary/aromatic N) is 3. The van der Waals surface area contributed by atoms with Crippen LogP contribution in [0.1, 0.15) is 92.6 Å². The molecule has 0 aliphatic carbocycles. The van der Waals surface area contributed by atoms with Crippen molar-refractivity contribution in [2.24, 2.45) is 29.6 Å². The normalized spacial score (nSPS) is 37.2. The molecule has 2 saturated heterocycles. The second-order valence-corrected chi connectivity index (χ2v) is 15.1. The van der Waals surface area contributed by atoms with Crippen LogP contribution >= 0.6 is 0 Å². The topological polar surface area (TPSA) is 120 Å². The van der Waals surface area contributed by atoms with E-state index < -0.39 is 59.4 Å². The van der Waals surface area contributed by atoms with Crippen LogP contribution in [0.4, 0.5) is 0 Å². The Balaban J connectivity index is 1.76. The Bertz CT molecular complexity index is 1490. The van der Waals surface area contributed by atoms with Crippen molar-refractivity contribution in [2.45, 2.75) is 123 Å². The molecular weight excluding hydrogens is 610 g/mol. The van der Waals surface area contributed by atoms with Gasteiger partial charge in [0.05, 0.1) is 11.6 Å². The molecule has 5 heterocycles. The number of cyclic esters (lactones) is 1. The van der Waals surface area contributed by atoms with E-state index in [2.05, 4.69) is 47.9 Å². The van der Waals surface area contributed by atoms with E-state index >= 15 is 4.79 Å². The zero-order valence-corrected chi connectivity index (χ0v) is 30.1. The van der Waals surface area contributed by atoms with Crippen LogP contribution in [-0.2, 0) is 35.1 Å². The number of carbonyl (C=O) groups is 3. The van der Waals surface area contributed by atoms with Crippen molar-refractivity contribution in [3.63, 3.8) is 0 Å². The zero-order valence-electron chi connectivity index (χ0n) is 30.1. The number of rotatable bonds is 3. The van der Waals surface area contributed by atoms with E-state index in [1.807, 2.05) is 45.7 Å². The second-order valence-electron chi connectivity index (χ2n) is 15.1. The second kappa shape index (κ2) is 14.1. The van der Waals surface area contributed by atoms with Crippen LogP contribution in [0.5, 0.6) is 0 Å². The standard InChI is InChI=1S/C38H55N3O7/c1-10-30-38(8)34-24(5)33(43)29(18-37(7,46-9)31(22(2)3)23(4)32(42)25(6)35(44)47-30)28-17-27(19-39-20-28)26-13-16-40(21-26)14-11-12-15-41(34)36(45)48-38/h13,16-17,19-25,29-31,34,36,45H,10-12,14-15,18H2,1-9H3/t23-,24+,25-,29+,30-,31-,34-,36?,37-,38-/m1/s1. The zero-order chi connectivity index (χ0) is 35.1. The van der Waals surface area contributed by atoms with E-state index in [4.69, 9.17) is 14.2 Å². The van der Waals surface area contributed by atoms with Crippen molar-refractivity contribution < 1.29 is 33.7 Å². The highest BCUT2D eigenvalue weighted by Gasteiger charge is 2.59. The highest BCUT2D eigenvalue weighted by Crippen LogP contribution is 2.47. The SMILES string of the molecule is CC[C@H]1OC(=O)[C@H](C)C(=O)[C@H](C)[C@@H](C(C)C)[C@](C)(OC)C[C@@H]2C(=O)[C@H](C)[C@H]3N(CCCCn4ccc(c4)-c4cncc2c4)C(O)O[C@]13C. The van der Waals surface area contributed by atoms with E-state index in [1.165, 1.54) is 0 Å². The van der Waals surface area contributed by atoms with Gasteiger partial charge in [-0.1, -0.05) is 34.6 Å². The van der Waals surface area contributed by atoms with Gasteiger partial charge in [-0.05, 0) is 76.0 Å². The third-order valence-corrected chi connectivity index (χ3v) is 11.7. The number of ketones is 2. The average Bonchev–Trinajstić information content (AvgIpc) is 3.63. The maximum atomic E-state index is 15.2. The van der Waals surface area contributed by atoms with Crippen molar-refractivity contribution >= 4 is 17.5 Å². The van der Waals surface area contributed by atoms with Crippen LogP contribution in [0.2, 0.25) is 0 Å². The fourth-order valence-electron chi connectivity index (χ4n) is 9.24. The van der Waals surface area contributed by atoms with Crippen LogP contribution in [0.25, 0.3) is 11.1 Å². The fraction of sp³-hybridized carbons (Fsp3) is 0.684. The Kier molecular flexibility index (Phi) is 10.7. The Morgan fingerprint density at radius 2 is 1.75 bits per heavy atom. The third-order valence-electron chi connectivity index (χ3n) is 11.7. The molecule has 5 rings (SSSR count). The van der Waals surface area contributed by atoms with Crippen LogP contribution in [0.15, 0.2) is 36.9 Å². The molecule has 0 saturated carbocycles. The molecule has 1 N–H and O–H groups in total. The molecule has 3 aliphatic rings. The molecule has 2 aromatic heterocycles. The van der Waals surface area contributed by atoms with Gasteiger partial charge in [-0.25, -0.2) is 4.90 Å². The van der Waals surface area contributed by atoms with Crippen molar-refractivity contribution in [3.8, 4) is 11.1 Å². The van der Waals surface area contributed by atoms with Gasteiger partial charge < -0.3 is 23.9 Å². The number of aromatic nitrogens is 2. The van der Waals surface area contributed by atoms with Crippen molar-refractivity contribution in [1.29, 1.82) is 0 Å². The number of esters is 1. The first-order valence-corrected chi connectivity index (χ1v) is 17.7. The van der Waals surface area contributed by atoms with Gasteiger partial charge in [-0.15, -0.1) is 0 Å². The monoisotopic (exact) mass is 665 g/mol. The summed E-state index contributed by atoms with van der Waals surface area (Å²) in [6.07, 6.45) is 7.89. The maximum absolute atomic E-state index is 15.2. The molecule has 6 bridgehead atoms. The first-order valence-electron chi connectivity index (χ1n) is 17.7. The Hall–Kier alpha value is -2.92. The molecule has 10 heteroatoms. The molecule has 48 heavy (non-hydrogen) atoms. The molecule has 1 unspecified atom stereocenters. The van der Waals surface area contributed by atoms with Crippen LogP contribution in [0, 0.1) is 29.6 Å². The van der Waals surface area contributed by atoms with E-state index in [0.29, 0.717) is 19.4 Å². The number of aryl methyl sites for hydroxylation is 1. The number of Topliss-reactive ketones (excluding diaryl/α,β-unsaturated/α-hetero) is 2. The van der Waals surface area contributed by atoms with E-state index in [0.717, 1.165) is 36.1 Å². The van der Waals surface area contributed by atoms with E-state index in [-0.39, 0.29) is 23.4 Å². The predicted molar refractivity (Wildman–Crippen MR) is 182 cm³/mol. The summed E-state index contributed by atoms with van der Waals surface area (Å²) in [4.78, 5) is 49.6. The van der Waals surface area contributed by atoms with Gasteiger partial charge in [0.1, 0.15) is 29.2 Å². The smallest absolute Gasteiger partial charge is 0.316 e. The number of carbonyl (C=O) groups excluding carboxylic acids is 3. The van der Waals surface area contributed by atoms with Crippen molar-refractivity contribution in [3.05, 3.63) is 42.5 Å². The van der Waals surface area contributed by atoms with Gasteiger partial charge in [-0.2, -0.15) is 0 Å². The van der Waals surface area contributed by atoms with Crippen LogP contribution in [-0.4, -0.2) is 80.5 Å². The van der Waals surface area contributed by atoms with Gasteiger partial charge in [0.25, 0.3) is 0 Å². The first-order chi connectivity index (χ1) is 22.7. The molecular formula is C38H55N3O7. The summed E-state index contributed by atoms with van der Waals surface area (Å²) in [6, 6.07) is 3.50. The van der Waals surface area contributed by atoms with Gasteiger partial charge in [0.2, 0.25) is 6.41 Å². The largest absolute Gasteiger partial charge is 0.459 e. The number of methoxy groups -OCH3 is 1. The van der Waals surface area contributed by atoms with E-state index in [9.17, 15) is 14.7 Å². The van der Waals surface area contributed by atoms with Crippen molar-refractivity contribution in [1.82, 2.24) is 14.5 Å². The first kappa shape index (κ1) is 36.4. The molecule has 0 aromatic carbocycles. The third kappa shape index (κ3) is 6.53. The highest BCUT2D eigenvalue weighted by atomic mass is 16.7. The Labute approximate surface area is 285 Å². The van der Waals surface area contributed by atoms with Crippen LogP contribution in [0.3, 0.4) is 0 Å². The number of ether oxygens (including phenoxy) is 3. The summed E-state index contributed by atoms with van der Waals surface area (Å²) in [6.45, 7) is 16.4. The lowest BCUT2D eigenvalue weighted by Crippen LogP contribution is -2.58. The highest BCUT2D eigenvalue weighted by molar-refractivity contribution is 6.00. The number of fused-ring (bicyclic) bond motifs is 8. The van der Waals surface area contributed by atoms with Gasteiger partial charge in [-0.3, -0.25) is 19.4 Å². The number of aliphatic hydroxyl groups is 1. The predicted octanol–water partition coefficient (Wildman–Crippen LogP) is 5.61. The molecule has 2 aromatic rings. The summed E-state index contributed by atoms with van der Waals surface area (Å²) in [7, 11) is 1.64. The number of hydrogen-bond acceptors (Lipinski definition) is 9. The molecule has 264 valence electrons. The molecule has 3 aliphatic heterocycles. The summed E-state index contributed by atoms with van der Waals surface area (Å²) in [5.41, 5.74) is 0.536. The maximum Gasteiger partial charge on any atom is 0.316 e. The molecule has 0 amide bonds. The lowest BCUT2D eigenvalue weighted by molar-refractivity contribution is -0.208. The average molecular weight is 666 g/mol. The summed E-state index contributed by atoms with van der Waals surface area (Å²) in [5, 5.41) is 11.5. The molecule has 0 radical (unpaired) electrons. The summed E-state index contributed by atoms with van der Waals surface area (Å²) >= 11 is 0. The minimum atomic E-state index is -1.30. The minimum absolute atomic E-state index is 0.00964. The fourth-order valence-corrected chi connectivity index (χ4v) is 9.24. The lowest BCUT2D eigenvalue weighted by Gasteiger charge is -2.46. The minimum Gasteiger partial charge on any atom is -0.459 e. The van der Waals surface area contributed by atoms with Crippen molar-refractivity contribution in [2.75, 3.05) is 13.7 Å². The number of aliphatic hydroxyl groups excluding tert-OH is 1. The Morgan fingerprint density at radius 3 is 2.42 bits per heavy atom.